The van der Waals surface area contributed by atoms with Gasteiger partial charge in [-0.1, -0.05) is 48.2 Å². The lowest BCUT2D eigenvalue weighted by atomic mass is 10.1. The van der Waals surface area contributed by atoms with Gasteiger partial charge >= 0.3 is 0 Å². The van der Waals surface area contributed by atoms with Crippen LogP contribution in [0.3, 0.4) is 0 Å². The third kappa shape index (κ3) is 5.00. The molecule has 0 aliphatic heterocycles. The standard InChI is InChI=1S/C22H22N4O2S/c1-4-14-26-20(18-8-6-5-7-9-18)24-25-22(26)29-16(3)21(28)23-19-12-10-17(11-13-19)15(2)27/h4-13,16H,1,14H2,2-3H3,(H,23,28)/t16-/m0/s1. The molecule has 7 heteroatoms. The van der Waals surface area contributed by atoms with E-state index in [2.05, 4.69) is 22.1 Å². The van der Waals surface area contributed by atoms with Crippen molar-refractivity contribution in [1.29, 1.82) is 0 Å². The summed E-state index contributed by atoms with van der Waals surface area (Å²) in [5, 5.41) is 11.7. The molecule has 0 aliphatic carbocycles. The predicted octanol–water partition coefficient (Wildman–Crippen LogP) is 4.45. The van der Waals surface area contributed by atoms with Crippen molar-refractivity contribution in [3.05, 3.63) is 72.8 Å². The maximum absolute atomic E-state index is 12.6. The van der Waals surface area contributed by atoms with E-state index in [1.807, 2.05) is 41.8 Å². The van der Waals surface area contributed by atoms with Crippen LogP contribution in [0.15, 0.2) is 72.4 Å². The molecular formula is C22H22N4O2S. The lowest BCUT2D eigenvalue weighted by Crippen LogP contribution is -2.23. The zero-order valence-electron chi connectivity index (χ0n) is 16.3. The van der Waals surface area contributed by atoms with Gasteiger partial charge in [0, 0.05) is 23.4 Å². The second-order valence-electron chi connectivity index (χ2n) is 6.45. The fourth-order valence-electron chi connectivity index (χ4n) is 2.71. The number of nitrogens with one attached hydrogen (secondary N) is 1. The number of hydrogen-bond acceptors (Lipinski definition) is 5. The summed E-state index contributed by atoms with van der Waals surface area (Å²) in [5.74, 6) is 0.572. The summed E-state index contributed by atoms with van der Waals surface area (Å²) >= 11 is 1.34. The number of aromatic nitrogens is 3. The van der Waals surface area contributed by atoms with Gasteiger partial charge in [0.25, 0.3) is 0 Å². The Morgan fingerprint density at radius 2 is 1.83 bits per heavy atom. The summed E-state index contributed by atoms with van der Waals surface area (Å²) in [6, 6.07) is 16.6. The lowest BCUT2D eigenvalue weighted by molar-refractivity contribution is -0.115. The van der Waals surface area contributed by atoms with Gasteiger partial charge in [-0.3, -0.25) is 14.2 Å². The molecule has 0 spiro atoms. The van der Waals surface area contributed by atoms with E-state index in [4.69, 9.17) is 0 Å². The van der Waals surface area contributed by atoms with Crippen molar-refractivity contribution in [3.63, 3.8) is 0 Å². The number of nitrogens with zero attached hydrogens (tertiary/aromatic N) is 3. The van der Waals surface area contributed by atoms with Crippen LogP contribution in [0, 0.1) is 0 Å². The highest BCUT2D eigenvalue weighted by Crippen LogP contribution is 2.27. The largest absolute Gasteiger partial charge is 0.325 e. The minimum atomic E-state index is -0.390. The topological polar surface area (TPSA) is 76.9 Å². The maximum atomic E-state index is 12.6. The number of carbonyl (C=O) groups excluding carboxylic acids is 2. The van der Waals surface area contributed by atoms with Gasteiger partial charge in [-0.05, 0) is 38.1 Å². The van der Waals surface area contributed by atoms with Crippen molar-refractivity contribution in [1.82, 2.24) is 14.8 Å². The molecule has 0 bridgehead atoms. The number of rotatable bonds is 8. The fraction of sp³-hybridized carbons (Fsp3) is 0.182. The third-order valence-electron chi connectivity index (χ3n) is 4.27. The summed E-state index contributed by atoms with van der Waals surface area (Å²) in [5.41, 5.74) is 2.21. The van der Waals surface area contributed by atoms with Crippen LogP contribution < -0.4 is 5.32 Å². The number of thioether (sulfide) groups is 1. The van der Waals surface area contributed by atoms with Crippen LogP contribution in [0.5, 0.6) is 0 Å². The predicted molar refractivity (Wildman–Crippen MR) is 116 cm³/mol. The fourth-order valence-corrected chi connectivity index (χ4v) is 3.57. The Morgan fingerprint density at radius 1 is 1.14 bits per heavy atom. The van der Waals surface area contributed by atoms with Gasteiger partial charge in [-0.15, -0.1) is 16.8 Å². The molecule has 0 radical (unpaired) electrons. The van der Waals surface area contributed by atoms with Crippen molar-refractivity contribution in [2.45, 2.75) is 30.8 Å². The number of carbonyl (C=O) groups is 2. The quantitative estimate of drug-likeness (QED) is 0.340. The first-order chi connectivity index (χ1) is 14.0. The molecule has 6 nitrogen and oxygen atoms in total. The van der Waals surface area contributed by atoms with Gasteiger partial charge in [-0.2, -0.15) is 0 Å². The molecule has 0 saturated carbocycles. The van der Waals surface area contributed by atoms with Gasteiger partial charge in [0.2, 0.25) is 5.91 Å². The first-order valence-electron chi connectivity index (χ1n) is 9.17. The SMILES string of the molecule is C=CCn1c(S[C@@H](C)C(=O)Nc2ccc(C(C)=O)cc2)nnc1-c1ccccc1. The molecule has 2 aromatic carbocycles. The van der Waals surface area contributed by atoms with Crippen LogP contribution >= 0.6 is 11.8 Å². The number of Topliss-reactive ketones (excluding diaryl/α,β-unsaturated/α-hetero) is 1. The average molecular weight is 407 g/mol. The van der Waals surface area contributed by atoms with E-state index in [1.54, 1.807) is 30.3 Å². The van der Waals surface area contributed by atoms with Crippen LogP contribution in [0.1, 0.15) is 24.2 Å². The van der Waals surface area contributed by atoms with Crippen LogP contribution in [-0.4, -0.2) is 31.7 Å². The molecule has 0 aliphatic rings. The highest BCUT2D eigenvalue weighted by Gasteiger charge is 2.20. The normalized spacial score (nSPS) is 11.7. The Morgan fingerprint density at radius 3 is 2.45 bits per heavy atom. The van der Waals surface area contributed by atoms with E-state index >= 15 is 0 Å². The van der Waals surface area contributed by atoms with E-state index in [-0.39, 0.29) is 16.9 Å². The molecule has 3 aromatic rings. The molecule has 3 rings (SSSR count). The van der Waals surface area contributed by atoms with Gasteiger partial charge in [0.05, 0.1) is 5.25 Å². The van der Waals surface area contributed by atoms with Crippen molar-refractivity contribution in [2.75, 3.05) is 5.32 Å². The first-order valence-corrected chi connectivity index (χ1v) is 10.1. The monoisotopic (exact) mass is 406 g/mol. The van der Waals surface area contributed by atoms with Crippen LogP contribution in [0.4, 0.5) is 5.69 Å². The summed E-state index contributed by atoms with van der Waals surface area (Å²) < 4.78 is 1.94. The Balaban J connectivity index is 1.73. The third-order valence-corrected chi connectivity index (χ3v) is 5.35. The smallest absolute Gasteiger partial charge is 0.237 e. The van der Waals surface area contributed by atoms with Crippen LogP contribution in [0.2, 0.25) is 0 Å². The van der Waals surface area contributed by atoms with Crippen molar-refractivity contribution in [2.24, 2.45) is 0 Å². The van der Waals surface area contributed by atoms with Crippen LogP contribution in [-0.2, 0) is 11.3 Å². The second kappa shape index (κ2) is 9.34. The molecule has 1 heterocycles. The van der Waals surface area contributed by atoms with E-state index in [9.17, 15) is 9.59 Å². The molecule has 29 heavy (non-hydrogen) atoms. The molecule has 148 valence electrons. The number of amides is 1. The minimum Gasteiger partial charge on any atom is -0.325 e. The molecular weight excluding hydrogens is 384 g/mol. The van der Waals surface area contributed by atoms with Crippen LogP contribution in [0.25, 0.3) is 11.4 Å². The van der Waals surface area contributed by atoms with E-state index in [0.717, 1.165) is 11.4 Å². The average Bonchev–Trinajstić information content (AvgIpc) is 3.11. The summed E-state index contributed by atoms with van der Waals surface area (Å²) in [7, 11) is 0. The van der Waals surface area contributed by atoms with Crippen molar-refractivity contribution < 1.29 is 9.59 Å². The number of allylic oxidation sites excluding steroid dienone is 1. The van der Waals surface area contributed by atoms with Gasteiger partial charge < -0.3 is 5.32 Å². The molecule has 1 atom stereocenters. The summed E-state index contributed by atoms with van der Waals surface area (Å²) in [6.07, 6.45) is 1.78. The Labute approximate surface area is 174 Å². The summed E-state index contributed by atoms with van der Waals surface area (Å²) in [4.78, 5) is 24.0. The molecule has 1 aromatic heterocycles. The molecule has 1 N–H and O–H groups in total. The van der Waals surface area contributed by atoms with E-state index < -0.39 is 0 Å². The molecule has 1 amide bonds. The van der Waals surface area contributed by atoms with Gasteiger partial charge in [-0.25, -0.2) is 0 Å². The van der Waals surface area contributed by atoms with E-state index in [1.165, 1.54) is 18.7 Å². The highest BCUT2D eigenvalue weighted by atomic mass is 32.2. The number of ketones is 1. The van der Waals surface area contributed by atoms with Crippen molar-refractivity contribution in [3.8, 4) is 11.4 Å². The Hall–Kier alpha value is -3.19. The van der Waals surface area contributed by atoms with E-state index in [0.29, 0.717) is 23.0 Å². The number of benzene rings is 2. The first kappa shape index (κ1) is 20.5. The zero-order chi connectivity index (χ0) is 20.8. The molecule has 0 fully saturated rings. The minimum absolute atomic E-state index is 0.0115. The zero-order valence-corrected chi connectivity index (χ0v) is 17.1. The maximum Gasteiger partial charge on any atom is 0.237 e. The number of anilines is 1. The number of hydrogen-bond donors (Lipinski definition) is 1. The highest BCUT2D eigenvalue weighted by molar-refractivity contribution is 8.00. The lowest BCUT2D eigenvalue weighted by Gasteiger charge is -2.13. The van der Waals surface area contributed by atoms with Gasteiger partial charge in [0.15, 0.2) is 16.8 Å². The Kier molecular flexibility index (Phi) is 6.61. The van der Waals surface area contributed by atoms with Gasteiger partial charge in [0.1, 0.15) is 0 Å². The molecule has 0 saturated heterocycles. The van der Waals surface area contributed by atoms with Crippen molar-refractivity contribution >= 4 is 29.1 Å². The summed E-state index contributed by atoms with van der Waals surface area (Å²) in [6.45, 7) is 7.68. The Bertz CT molecular complexity index is 1010. The second-order valence-corrected chi connectivity index (χ2v) is 7.76. The molecule has 0 unspecified atom stereocenters.